The molecule has 0 aliphatic heterocycles. The van der Waals surface area contributed by atoms with Crippen LogP contribution in [0.3, 0.4) is 0 Å². The molecule has 2 atom stereocenters. The van der Waals surface area contributed by atoms with Crippen molar-refractivity contribution in [3.05, 3.63) is 60.7 Å². The molecule has 0 N–H and O–H groups in total. The number of ether oxygens (including phenoxy) is 1. The Labute approximate surface area is 114 Å². The highest BCUT2D eigenvalue weighted by Gasteiger charge is 2.04. The van der Waals surface area contributed by atoms with Gasteiger partial charge in [-0.1, -0.05) is 64.9 Å². The van der Waals surface area contributed by atoms with Crippen molar-refractivity contribution in [3.8, 4) is 11.0 Å². The zero-order valence-corrected chi connectivity index (χ0v) is 12.2. The summed E-state index contributed by atoms with van der Waals surface area (Å²) in [6, 6.07) is 21.3. The molecule has 0 amide bonds. The maximum atomic E-state index is 6.08. The topological polar surface area (TPSA) is 9.23 Å². The van der Waals surface area contributed by atoms with Crippen LogP contribution in [-0.2, 0) is 0 Å². The van der Waals surface area contributed by atoms with E-state index in [9.17, 15) is 0 Å². The van der Waals surface area contributed by atoms with E-state index in [2.05, 4.69) is 60.7 Å². The molecule has 0 aliphatic rings. The summed E-state index contributed by atoms with van der Waals surface area (Å²) in [5, 5.41) is 5.37. The molecule has 0 bridgehead atoms. The second-order valence-corrected chi connectivity index (χ2v) is 7.11. The van der Waals surface area contributed by atoms with Gasteiger partial charge in [-0.3, -0.25) is 0 Å². The van der Waals surface area contributed by atoms with Crippen molar-refractivity contribution in [1.82, 2.24) is 0 Å². The normalized spacial score (nSPS) is 12.0. The van der Waals surface area contributed by atoms with Gasteiger partial charge in [-0.05, 0) is 22.9 Å². The highest BCUT2D eigenvalue weighted by molar-refractivity contribution is 7.40. The average Bonchev–Trinajstić information content (AvgIpc) is 3.00. The summed E-state index contributed by atoms with van der Waals surface area (Å²) in [6.07, 6.45) is 0. The minimum Gasteiger partial charge on any atom is -0.450 e. The molecule has 0 saturated heterocycles. The van der Waals surface area contributed by atoms with Crippen molar-refractivity contribution < 1.29 is 4.74 Å². The Balaban J connectivity index is 1.73. The maximum absolute atomic E-state index is 6.08. The van der Waals surface area contributed by atoms with Crippen LogP contribution in [0.4, 0.5) is 0 Å². The van der Waals surface area contributed by atoms with Crippen LogP contribution in [0.5, 0.6) is 11.0 Å². The fourth-order valence-corrected chi connectivity index (χ4v) is 4.69. The van der Waals surface area contributed by atoms with Crippen molar-refractivity contribution in [3.63, 3.8) is 0 Å². The van der Waals surface area contributed by atoms with E-state index in [-0.39, 0.29) is 0 Å². The molecule has 19 heavy (non-hydrogen) atoms. The molecule has 0 saturated carbocycles. The summed E-state index contributed by atoms with van der Waals surface area (Å²) in [7, 11) is 1.29. The van der Waals surface area contributed by atoms with Gasteiger partial charge in [0.05, 0.1) is 0 Å². The Kier molecular flexibility index (Phi) is 2.62. The first-order chi connectivity index (χ1) is 9.38. The lowest BCUT2D eigenvalue weighted by Crippen LogP contribution is -1.72. The summed E-state index contributed by atoms with van der Waals surface area (Å²) in [5.74, 6) is 0. The van der Waals surface area contributed by atoms with Gasteiger partial charge >= 0.3 is 0 Å². The summed E-state index contributed by atoms with van der Waals surface area (Å²) < 4.78 is 6.08. The molecule has 2 unspecified atom stereocenters. The van der Waals surface area contributed by atoms with E-state index in [1.54, 1.807) is 0 Å². The third-order valence-corrected chi connectivity index (χ3v) is 5.67. The van der Waals surface area contributed by atoms with E-state index >= 15 is 0 Å². The molecular weight excluding hydrogens is 270 g/mol. The minimum absolute atomic E-state index is 0.647. The summed E-state index contributed by atoms with van der Waals surface area (Å²) in [5.41, 5.74) is 2.18. The number of benzene rings is 2. The molecule has 4 rings (SSSR count). The minimum atomic E-state index is 0.647. The predicted molar refractivity (Wildman–Crippen MR) is 87.0 cm³/mol. The fourth-order valence-electron chi connectivity index (χ4n) is 2.32. The van der Waals surface area contributed by atoms with Crippen molar-refractivity contribution in [2.45, 2.75) is 0 Å². The van der Waals surface area contributed by atoms with Crippen LogP contribution in [0.25, 0.3) is 21.0 Å². The van der Waals surface area contributed by atoms with Gasteiger partial charge in [0.1, 0.15) is 11.0 Å². The van der Waals surface area contributed by atoms with Gasteiger partial charge in [0.15, 0.2) is 0 Å². The SMILES string of the molecule is c1ccc2[pH]c(Oc3cc4ccccc4[pH]3)cc2c1. The van der Waals surface area contributed by atoms with Crippen LogP contribution in [-0.4, -0.2) is 0 Å². The average molecular weight is 282 g/mol. The Hall–Kier alpha value is -1.68. The lowest BCUT2D eigenvalue weighted by atomic mass is 10.3. The molecule has 0 aliphatic carbocycles. The monoisotopic (exact) mass is 282 g/mol. The van der Waals surface area contributed by atoms with Crippen molar-refractivity contribution in [1.29, 1.82) is 0 Å². The summed E-state index contributed by atoms with van der Waals surface area (Å²) in [4.78, 5) is 0. The fraction of sp³-hybridized carbons (Fsp3) is 0. The van der Waals surface area contributed by atoms with Crippen LogP contribution in [0.1, 0.15) is 0 Å². The van der Waals surface area contributed by atoms with Gasteiger partial charge in [-0.15, -0.1) is 0 Å². The second-order valence-electron chi connectivity index (χ2n) is 4.54. The lowest BCUT2D eigenvalue weighted by molar-refractivity contribution is 0.512. The van der Waals surface area contributed by atoms with Crippen LogP contribution in [0, 0.1) is 0 Å². The van der Waals surface area contributed by atoms with E-state index in [0.717, 1.165) is 11.0 Å². The second kappa shape index (κ2) is 4.46. The summed E-state index contributed by atoms with van der Waals surface area (Å²) >= 11 is 0. The molecule has 4 aromatic rings. The molecule has 92 valence electrons. The molecule has 2 heterocycles. The molecule has 0 spiro atoms. The van der Waals surface area contributed by atoms with Crippen molar-refractivity contribution >= 4 is 37.4 Å². The number of hydrogen-bond donors (Lipinski definition) is 0. The van der Waals surface area contributed by atoms with Gasteiger partial charge in [0.2, 0.25) is 0 Å². The molecule has 1 nitrogen and oxygen atoms in total. The summed E-state index contributed by atoms with van der Waals surface area (Å²) in [6.45, 7) is 0. The lowest BCUT2D eigenvalue weighted by Gasteiger charge is -1.97. The Morgan fingerprint density at radius 2 is 1.11 bits per heavy atom. The quantitative estimate of drug-likeness (QED) is 0.448. The number of hydrogen-bond acceptors (Lipinski definition) is 1. The first-order valence-electron chi connectivity index (χ1n) is 6.22. The Morgan fingerprint density at radius 3 is 1.58 bits per heavy atom. The molecule has 2 aromatic heterocycles. The smallest absolute Gasteiger partial charge is 0.143 e. The largest absolute Gasteiger partial charge is 0.450 e. The molecule has 0 fully saturated rings. The zero-order valence-electron chi connectivity index (χ0n) is 10.2. The molecule has 2 aromatic carbocycles. The van der Waals surface area contributed by atoms with Crippen molar-refractivity contribution in [2.24, 2.45) is 0 Å². The first kappa shape index (κ1) is 11.2. The first-order valence-corrected chi connectivity index (χ1v) is 8.22. The van der Waals surface area contributed by atoms with Gasteiger partial charge in [-0.25, -0.2) is 0 Å². The van der Waals surface area contributed by atoms with E-state index in [1.807, 2.05) is 0 Å². The highest BCUT2D eigenvalue weighted by atomic mass is 31.0. The van der Waals surface area contributed by atoms with Crippen LogP contribution < -0.4 is 4.74 Å². The van der Waals surface area contributed by atoms with Gasteiger partial charge in [0.25, 0.3) is 0 Å². The third-order valence-electron chi connectivity index (χ3n) is 3.23. The Bertz CT molecular complexity index is 719. The molecular formula is C16H12OP2. The number of rotatable bonds is 2. The van der Waals surface area contributed by atoms with Crippen LogP contribution in [0.2, 0.25) is 0 Å². The molecule has 0 radical (unpaired) electrons. The van der Waals surface area contributed by atoms with Crippen LogP contribution in [0.15, 0.2) is 60.7 Å². The van der Waals surface area contributed by atoms with E-state index < -0.39 is 0 Å². The third kappa shape index (κ3) is 2.06. The number of fused-ring (bicyclic) bond motifs is 2. The van der Waals surface area contributed by atoms with Crippen LogP contribution >= 0.6 is 16.4 Å². The predicted octanol–water partition coefficient (Wildman–Crippen LogP) is 5.85. The standard InChI is InChI=1S/C16H12OP2/c1-3-7-13-11(5-1)9-15(18-13)17-16-10-12-6-2-4-8-14(12)19-16/h1-10,18-19H. The molecule has 3 heteroatoms. The van der Waals surface area contributed by atoms with E-state index in [0.29, 0.717) is 16.4 Å². The van der Waals surface area contributed by atoms with E-state index in [1.165, 1.54) is 21.0 Å². The van der Waals surface area contributed by atoms with Gasteiger partial charge in [-0.2, -0.15) is 0 Å². The van der Waals surface area contributed by atoms with Gasteiger partial charge in [0, 0.05) is 10.2 Å². The van der Waals surface area contributed by atoms with Crippen molar-refractivity contribution in [2.75, 3.05) is 0 Å². The van der Waals surface area contributed by atoms with E-state index in [4.69, 9.17) is 4.74 Å². The zero-order chi connectivity index (χ0) is 12.7. The highest BCUT2D eigenvalue weighted by Crippen LogP contribution is 2.44. The maximum Gasteiger partial charge on any atom is 0.143 e. The Morgan fingerprint density at radius 1 is 0.632 bits per heavy atom. The van der Waals surface area contributed by atoms with Gasteiger partial charge < -0.3 is 4.74 Å².